The number of likely N-dealkylation sites (tertiary alicyclic amines) is 5. The lowest BCUT2D eigenvalue weighted by Gasteiger charge is -2.39. The van der Waals surface area contributed by atoms with Crippen molar-refractivity contribution >= 4 is 0 Å². The lowest BCUT2D eigenvalue weighted by Crippen LogP contribution is -2.49. The van der Waals surface area contributed by atoms with Crippen molar-refractivity contribution < 1.29 is 13.9 Å². The molecule has 1 spiro atoms. The maximum atomic E-state index is 13.2. The SMILES string of the molecule is CC(C)c1cc(C(C)N2CC(F)C2)nc(C2CC2)n1.CC(C)c1cc(CN2CCC(F)C2)nc(C2CC2)n1.CC(C)c1cc(CN2CCC(O)C2)nc(C2CC2)n1.CC(C)c1cc(CN2CCC2)nc(C2CC2)n1.CC(C)c1cc(CN2CCC3(CC3)C2)nc(C2CC2)n1.CC(C)c1cc(Cn2ccnn2)nc(C2CC2)n1.Cc1cc(C(C)C)nc(C2CC2)n1. The predicted octanol–water partition coefficient (Wildman–Crippen LogP) is 19.3. The molecule has 0 aromatic carbocycles. The third-order valence-electron chi connectivity index (χ3n) is 26.6. The van der Waals surface area contributed by atoms with Gasteiger partial charge >= 0.3 is 0 Å². The molecule has 8 aliphatic carbocycles. The van der Waals surface area contributed by atoms with E-state index in [4.69, 9.17) is 44.9 Å². The third-order valence-corrected chi connectivity index (χ3v) is 26.6. The fraction of sp³-hybridized carbons (Fsp3) is 0.700. The van der Waals surface area contributed by atoms with Gasteiger partial charge in [0, 0.05) is 171 Å². The van der Waals surface area contributed by atoms with E-state index < -0.39 is 12.3 Å². The van der Waals surface area contributed by atoms with Gasteiger partial charge < -0.3 is 5.11 Å². The number of nitrogens with zero attached hydrogens (tertiary/aromatic N) is 22. The van der Waals surface area contributed by atoms with Gasteiger partial charge in [0.15, 0.2) is 0 Å². The van der Waals surface area contributed by atoms with Crippen molar-refractivity contribution in [2.45, 2.75) is 379 Å². The van der Waals surface area contributed by atoms with E-state index >= 15 is 0 Å². The van der Waals surface area contributed by atoms with Crippen LogP contribution >= 0.6 is 0 Å². The zero-order chi connectivity index (χ0) is 87.9. The molecule has 8 aromatic rings. The van der Waals surface area contributed by atoms with Crippen molar-refractivity contribution in [3.63, 3.8) is 0 Å². The molecule has 25 heteroatoms. The van der Waals surface area contributed by atoms with Crippen LogP contribution in [0.3, 0.4) is 0 Å². The number of aromatic nitrogens is 17. The van der Waals surface area contributed by atoms with Crippen LogP contribution in [0, 0.1) is 12.3 Å². The number of hydrogen-bond donors (Lipinski definition) is 1. The van der Waals surface area contributed by atoms with Crippen molar-refractivity contribution in [2.24, 2.45) is 5.41 Å². The fourth-order valence-electron chi connectivity index (χ4n) is 16.7. The monoisotopic (exact) mass is 1710 g/mol. The standard InChI is InChI=1S/C17H25N3.2C15H22FN3.C15H23N3O.C14H21N3.C13H17N5.C11H16N2/c1-12(2)15-9-14(18-16(19-15)13-3-4-13)10-20-8-7-17(11-20)5-6-17;1-9(2)13-6-14(10(3)19-7-12(16)8-19)18-15(17-13)11-4-5-11;1-10(2)14-7-13(9-19-6-5-12(16)8-19)17-15(18-14)11-3-4-11;1-10(2)14-7-12(8-18-6-5-13(19)9-18)16-15(17-14)11-3-4-11;1-10(2)13-8-12(9-17-6-3-7-17)15-14(16-13)11-4-5-11;1-9(2)12-7-11(8-18-6-5-14-17-18)15-13(16-12)10-3-4-10;1-7(2)10-6-8(3)12-11(13-10)9-4-5-9/h9,12-13H,3-8,10-11H2,1-2H3;6,9-12H,4-5,7-8H2,1-3H3;7,10-12H,3-6,8-9H2,1-2H3;7,10-11,13,19H,3-6,8-9H2,1-2H3;8,10-11H,3-7,9H2,1-2H3;5-7,9-10H,3-4,8H2,1-2H3;6-7,9H,4-5H2,1-3H3. The van der Waals surface area contributed by atoms with Crippen LogP contribution in [0.15, 0.2) is 54.9 Å². The van der Waals surface area contributed by atoms with E-state index in [0.29, 0.717) is 121 Å². The maximum absolute atomic E-state index is 13.2. The molecule has 0 bridgehead atoms. The van der Waals surface area contributed by atoms with Gasteiger partial charge in [-0.25, -0.2) is 83.2 Å². The topological polar surface area (TPSA) is 248 Å². The highest BCUT2D eigenvalue weighted by Crippen LogP contribution is 2.53. The maximum Gasteiger partial charge on any atom is 0.132 e. The van der Waals surface area contributed by atoms with E-state index in [1.807, 2.05) is 6.20 Å². The number of β-amino-alcohol motifs (C(OH)–C–C–N with tert-alkyl or cyclic N) is 1. The summed E-state index contributed by atoms with van der Waals surface area (Å²) < 4.78 is 28.0. The lowest BCUT2D eigenvalue weighted by atomic mass is 10.0. The average Bonchev–Trinajstić information content (AvgIpc) is 1.59. The first kappa shape index (κ1) is 92.0. The van der Waals surface area contributed by atoms with Crippen LogP contribution in [0.2, 0.25) is 0 Å². The first-order valence-electron chi connectivity index (χ1n) is 48.6. The molecule has 3 atom stereocenters. The first-order chi connectivity index (χ1) is 60.0. The number of alkyl halides is 2. The number of aryl methyl sites for hydroxylation is 1. The number of aliphatic hydroxyl groups excluding tert-OH is 1. The molecule has 8 saturated carbocycles. The van der Waals surface area contributed by atoms with Gasteiger partial charge in [0.2, 0.25) is 0 Å². The van der Waals surface area contributed by atoms with E-state index in [-0.39, 0.29) is 12.1 Å². The first-order valence-corrected chi connectivity index (χ1v) is 48.6. The normalized spacial score (nSPS) is 21.5. The summed E-state index contributed by atoms with van der Waals surface area (Å²) in [6, 6.07) is 15.2. The second-order valence-corrected chi connectivity index (χ2v) is 41.3. The quantitative estimate of drug-likeness (QED) is 0.0529. The van der Waals surface area contributed by atoms with Crippen LogP contribution in [-0.4, -0.2) is 198 Å². The Morgan fingerprint density at radius 1 is 0.336 bits per heavy atom. The molecule has 13 fully saturated rings. The van der Waals surface area contributed by atoms with Crippen molar-refractivity contribution in [3.8, 4) is 0 Å². The van der Waals surface area contributed by atoms with Gasteiger partial charge in [-0.3, -0.25) is 24.5 Å². The molecule has 3 unspecified atom stereocenters. The number of aliphatic hydroxyl groups is 1. The highest BCUT2D eigenvalue weighted by Gasteiger charge is 2.48. The van der Waals surface area contributed by atoms with Crippen LogP contribution in [0.4, 0.5) is 8.78 Å². The molecule has 23 nitrogen and oxygen atoms in total. The molecular weight excluding hydrogens is 1560 g/mol. The Kier molecular flexibility index (Phi) is 30.5. The summed E-state index contributed by atoms with van der Waals surface area (Å²) >= 11 is 0. The molecule has 125 heavy (non-hydrogen) atoms. The van der Waals surface area contributed by atoms with E-state index in [1.54, 1.807) is 10.9 Å². The van der Waals surface area contributed by atoms with Crippen molar-refractivity contribution in [1.29, 1.82) is 0 Å². The molecule has 13 heterocycles. The average molecular weight is 1710 g/mol. The lowest BCUT2D eigenvalue weighted by molar-refractivity contribution is 0.0315. The van der Waals surface area contributed by atoms with Gasteiger partial charge in [0.25, 0.3) is 0 Å². The zero-order valence-corrected chi connectivity index (χ0v) is 78.4. The van der Waals surface area contributed by atoms with E-state index in [9.17, 15) is 13.9 Å². The summed E-state index contributed by atoms with van der Waals surface area (Å²) in [7, 11) is 0. The largest absolute Gasteiger partial charge is 0.392 e. The summed E-state index contributed by atoms with van der Waals surface area (Å²) in [5.74, 6) is 14.9. The van der Waals surface area contributed by atoms with Crippen LogP contribution in [0.25, 0.3) is 0 Å². The second-order valence-electron chi connectivity index (χ2n) is 41.3. The molecule has 676 valence electrons. The van der Waals surface area contributed by atoms with Crippen LogP contribution < -0.4 is 0 Å². The van der Waals surface area contributed by atoms with Crippen LogP contribution in [0.5, 0.6) is 0 Å². The number of halogens is 2. The Balaban J connectivity index is 0.000000113. The minimum Gasteiger partial charge on any atom is -0.392 e. The minimum absolute atomic E-state index is 0.158. The van der Waals surface area contributed by atoms with E-state index in [2.05, 4.69) is 213 Å². The van der Waals surface area contributed by atoms with Gasteiger partial charge in [-0.15, -0.1) is 5.10 Å². The molecule has 21 rings (SSSR count). The summed E-state index contributed by atoms with van der Waals surface area (Å²) in [6.07, 6.45) is 26.8. The summed E-state index contributed by atoms with van der Waals surface area (Å²) in [5, 5.41) is 17.4. The molecule has 13 aliphatic rings. The Morgan fingerprint density at radius 2 is 0.672 bits per heavy atom. The summed E-state index contributed by atoms with van der Waals surface area (Å²) in [6.45, 7) is 48.4. The van der Waals surface area contributed by atoms with Crippen molar-refractivity contribution in [3.05, 3.63) is 175 Å². The Morgan fingerprint density at radius 3 is 0.984 bits per heavy atom. The Hall–Kier alpha value is -7.68. The summed E-state index contributed by atoms with van der Waals surface area (Å²) in [5.41, 5.74) is 16.8. The summed E-state index contributed by atoms with van der Waals surface area (Å²) in [4.78, 5) is 77.4. The molecule has 5 saturated heterocycles. The minimum atomic E-state index is -0.658. The van der Waals surface area contributed by atoms with Crippen molar-refractivity contribution in [2.75, 3.05) is 65.4 Å². The number of rotatable bonds is 26. The molecule has 1 N–H and O–H groups in total. The zero-order valence-electron chi connectivity index (χ0n) is 78.4. The molecule has 0 amide bonds. The molecule has 8 aromatic heterocycles. The van der Waals surface area contributed by atoms with Crippen LogP contribution in [0.1, 0.15) is 442 Å². The van der Waals surface area contributed by atoms with Gasteiger partial charge in [-0.1, -0.05) is 102 Å². The smallest absolute Gasteiger partial charge is 0.132 e. The van der Waals surface area contributed by atoms with E-state index in [0.717, 1.165) is 144 Å². The van der Waals surface area contributed by atoms with Gasteiger partial charge in [-0.05, 0) is 251 Å². The molecule has 0 radical (unpaired) electrons. The Bertz CT molecular complexity index is 4600. The van der Waals surface area contributed by atoms with Crippen LogP contribution in [-0.2, 0) is 32.7 Å². The van der Waals surface area contributed by atoms with E-state index in [1.165, 1.54) is 170 Å². The fourth-order valence-corrected chi connectivity index (χ4v) is 16.7. The molecule has 5 aliphatic heterocycles. The van der Waals surface area contributed by atoms with Gasteiger partial charge in [0.1, 0.15) is 53.1 Å². The third kappa shape index (κ3) is 27.2. The molecular formula is C100H146F2N22O. The van der Waals surface area contributed by atoms with Gasteiger partial charge in [0.05, 0.1) is 53.0 Å². The van der Waals surface area contributed by atoms with Gasteiger partial charge in [-0.2, -0.15) is 0 Å². The number of hydrogen-bond acceptors (Lipinski definition) is 22. The predicted molar refractivity (Wildman–Crippen MR) is 488 cm³/mol. The second kappa shape index (κ2) is 41.4. The van der Waals surface area contributed by atoms with Crippen molar-refractivity contribution in [1.82, 2.24) is 109 Å². The highest BCUT2D eigenvalue weighted by atomic mass is 19.1. The Labute approximate surface area is 744 Å². The highest BCUT2D eigenvalue weighted by molar-refractivity contribution is 5.26.